The Kier molecular flexibility index (Phi) is 14.9. The number of carbonyl (C=O) groups is 2. The number of halogens is 2. The van der Waals surface area contributed by atoms with E-state index in [4.69, 9.17) is 46.9 Å². The second-order valence-electron chi connectivity index (χ2n) is 12.1. The van der Waals surface area contributed by atoms with E-state index in [1.165, 1.54) is 11.3 Å². The highest BCUT2D eigenvalue weighted by atomic mass is 35.5. The molecule has 2 aromatic heterocycles. The predicted octanol–water partition coefficient (Wildman–Crippen LogP) is 6.57. The SMILES string of the molecule is COc1cccc(C(NCc2ccc(C(=O)O[C@@H](Cc3c(Cl)c[nH+]cc3Cl)c3ccc(OC)c(OC)c3)s2)C(=O)OCC2CCN(C)CC2)c1.[OH-]. The maximum atomic E-state index is 13.6. The first kappa shape index (κ1) is 39.9. The van der Waals surface area contributed by atoms with E-state index in [0.29, 0.717) is 62.4 Å². The van der Waals surface area contributed by atoms with Crippen LogP contribution in [0.4, 0.5) is 0 Å². The predicted molar refractivity (Wildman–Crippen MR) is 194 cm³/mol. The van der Waals surface area contributed by atoms with Crippen LogP contribution in [-0.4, -0.2) is 70.4 Å². The number of piperidine rings is 1. The van der Waals surface area contributed by atoms with Crippen molar-refractivity contribution in [2.24, 2.45) is 5.92 Å². The maximum absolute atomic E-state index is 13.6. The van der Waals surface area contributed by atoms with Crippen molar-refractivity contribution in [3.8, 4) is 17.2 Å². The lowest BCUT2D eigenvalue weighted by Gasteiger charge is -2.29. The van der Waals surface area contributed by atoms with Gasteiger partial charge in [-0.3, -0.25) is 5.32 Å². The Bertz CT molecular complexity index is 1750. The zero-order valence-corrected chi connectivity index (χ0v) is 31.3. The number of hydrogen-bond acceptors (Lipinski definition) is 11. The third kappa shape index (κ3) is 10.6. The number of thiophene rings is 1. The lowest BCUT2D eigenvalue weighted by molar-refractivity contribution is -0.377. The molecule has 274 valence electrons. The fourth-order valence-corrected chi connectivity index (χ4v) is 7.15. The molecule has 1 aliphatic rings. The molecule has 14 heteroatoms. The van der Waals surface area contributed by atoms with Gasteiger partial charge in [-0.15, -0.1) is 11.3 Å². The molecule has 0 saturated carbocycles. The highest BCUT2D eigenvalue weighted by Gasteiger charge is 2.27. The highest BCUT2D eigenvalue weighted by molar-refractivity contribution is 7.13. The van der Waals surface area contributed by atoms with Gasteiger partial charge in [-0.2, -0.15) is 0 Å². The maximum Gasteiger partial charge on any atom is 0.348 e. The van der Waals surface area contributed by atoms with Gasteiger partial charge in [0, 0.05) is 23.4 Å². The molecule has 2 atom stereocenters. The average Bonchev–Trinajstić information content (AvgIpc) is 3.61. The Labute approximate surface area is 312 Å². The summed E-state index contributed by atoms with van der Waals surface area (Å²) in [4.78, 5) is 33.5. The van der Waals surface area contributed by atoms with Gasteiger partial charge >= 0.3 is 11.9 Å². The first-order valence-corrected chi connectivity index (χ1v) is 17.8. The molecule has 1 fully saturated rings. The number of methoxy groups -OCH3 is 3. The van der Waals surface area contributed by atoms with E-state index in [-0.39, 0.29) is 17.9 Å². The van der Waals surface area contributed by atoms with E-state index < -0.39 is 18.1 Å². The summed E-state index contributed by atoms with van der Waals surface area (Å²) >= 11 is 14.2. The number of H-pyrrole nitrogens is 1. The molecule has 3 heterocycles. The summed E-state index contributed by atoms with van der Waals surface area (Å²) in [6.45, 7) is 2.67. The van der Waals surface area contributed by atoms with E-state index in [1.54, 1.807) is 51.9 Å². The summed E-state index contributed by atoms with van der Waals surface area (Å²) in [7, 11) is 6.78. The molecule has 51 heavy (non-hydrogen) atoms. The lowest BCUT2D eigenvalue weighted by Crippen LogP contribution is -2.34. The van der Waals surface area contributed by atoms with Crippen LogP contribution in [0.15, 0.2) is 67.0 Å². The molecule has 1 aliphatic heterocycles. The fourth-order valence-electron chi connectivity index (χ4n) is 5.78. The molecule has 0 amide bonds. The number of nitrogens with zero attached hydrogens (tertiary/aromatic N) is 1. The summed E-state index contributed by atoms with van der Waals surface area (Å²) in [5.74, 6) is 1.13. The number of aromatic amines is 1. The van der Waals surface area contributed by atoms with Crippen molar-refractivity contribution in [3.05, 3.63) is 103 Å². The van der Waals surface area contributed by atoms with Gasteiger partial charge in [0.2, 0.25) is 0 Å². The van der Waals surface area contributed by atoms with Gasteiger partial charge in [-0.25, -0.2) is 14.6 Å². The van der Waals surface area contributed by atoms with Gasteiger partial charge in [0.1, 0.15) is 32.8 Å². The normalized spacial score (nSPS) is 14.5. The van der Waals surface area contributed by atoms with Crippen molar-refractivity contribution in [1.82, 2.24) is 10.2 Å². The molecule has 0 bridgehead atoms. The Morgan fingerprint density at radius 3 is 2.35 bits per heavy atom. The minimum Gasteiger partial charge on any atom is -0.870 e. The van der Waals surface area contributed by atoms with E-state index in [0.717, 1.165) is 36.4 Å². The van der Waals surface area contributed by atoms with Crippen LogP contribution in [0.5, 0.6) is 17.2 Å². The number of carbonyl (C=O) groups excluding carboxylic acids is 2. The van der Waals surface area contributed by atoms with Crippen LogP contribution in [0.3, 0.4) is 0 Å². The van der Waals surface area contributed by atoms with Crippen molar-refractivity contribution in [2.45, 2.75) is 38.0 Å². The molecule has 3 N–H and O–H groups in total. The number of rotatable bonds is 15. The van der Waals surface area contributed by atoms with E-state index in [9.17, 15) is 9.59 Å². The summed E-state index contributed by atoms with van der Waals surface area (Å²) in [5.41, 5.74) is 2.03. The fraction of sp³-hybridized carbons (Fsp3) is 0.378. The Morgan fingerprint density at radius 2 is 1.67 bits per heavy atom. The van der Waals surface area contributed by atoms with Crippen LogP contribution < -0.4 is 24.5 Å². The van der Waals surface area contributed by atoms with Crippen LogP contribution in [0.2, 0.25) is 10.0 Å². The van der Waals surface area contributed by atoms with Crippen molar-refractivity contribution < 1.29 is 43.7 Å². The minimum atomic E-state index is -0.750. The Balaban J connectivity index is 0.00000583. The largest absolute Gasteiger partial charge is 0.870 e. The molecule has 5 rings (SSSR count). The molecule has 0 aliphatic carbocycles. The molecule has 1 saturated heterocycles. The Morgan fingerprint density at radius 1 is 0.941 bits per heavy atom. The summed E-state index contributed by atoms with van der Waals surface area (Å²) in [5, 5.41) is 4.18. The number of aromatic nitrogens is 1. The van der Waals surface area contributed by atoms with E-state index in [1.807, 2.05) is 36.4 Å². The molecule has 11 nitrogen and oxygen atoms in total. The molecule has 0 spiro atoms. The van der Waals surface area contributed by atoms with Gasteiger partial charge in [0.15, 0.2) is 23.9 Å². The van der Waals surface area contributed by atoms with Crippen LogP contribution in [-0.2, 0) is 27.2 Å². The summed E-state index contributed by atoms with van der Waals surface area (Å²) in [6, 6.07) is 15.5. The summed E-state index contributed by atoms with van der Waals surface area (Å²) < 4.78 is 28.3. The number of hydrogen-bond donors (Lipinski definition) is 1. The number of pyridine rings is 1. The van der Waals surface area contributed by atoms with Crippen molar-refractivity contribution in [3.63, 3.8) is 0 Å². The number of nitrogens with one attached hydrogen (secondary N) is 2. The number of benzene rings is 2. The number of ether oxygens (including phenoxy) is 5. The summed E-state index contributed by atoms with van der Waals surface area (Å²) in [6.07, 6.45) is 4.70. The molecule has 1 unspecified atom stereocenters. The first-order chi connectivity index (χ1) is 24.2. The van der Waals surface area contributed by atoms with Gasteiger partial charge in [-0.1, -0.05) is 41.4 Å². The van der Waals surface area contributed by atoms with Crippen LogP contribution in [0.1, 0.15) is 56.2 Å². The monoisotopic (exact) mass is 759 g/mol. The minimum absolute atomic E-state index is 0. The Hall–Kier alpha value is -3.91. The third-order valence-corrected chi connectivity index (χ3v) is 10.5. The quantitative estimate of drug-likeness (QED) is 0.132. The molecule has 4 aromatic rings. The van der Waals surface area contributed by atoms with Gasteiger partial charge < -0.3 is 34.1 Å². The average molecular weight is 761 g/mol. The van der Waals surface area contributed by atoms with Crippen molar-refractivity contribution >= 4 is 46.5 Å². The van der Waals surface area contributed by atoms with Crippen LogP contribution >= 0.6 is 34.5 Å². The molecule has 2 aromatic carbocycles. The smallest absolute Gasteiger partial charge is 0.348 e. The first-order valence-electron chi connectivity index (χ1n) is 16.3. The van der Waals surface area contributed by atoms with Gasteiger partial charge in [0.05, 0.1) is 27.9 Å². The molecule has 0 radical (unpaired) electrons. The van der Waals surface area contributed by atoms with E-state index >= 15 is 0 Å². The van der Waals surface area contributed by atoms with Crippen molar-refractivity contribution in [1.29, 1.82) is 0 Å². The zero-order chi connectivity index (χ0) is 35.6. The van der Waals surface area contributed by atoms with E-state index in [2.05, 4.69) is 22.2 Å². The number of esters is 2. The second-order valence-corrected chi connectivity index (χ2v) is 14.1. The lowest BCUT2D eigenvalue weighted by atomic mass is 9.98. The van der Waals surface area contributed by atoms with Crippen molar-refractivity contribution in [2.75, 3.05) is 48.1 Å². The zero-order valence-electron chi connectivity index (χ0n) is 28.9. The van der Waals surface area contributed by atoms with Crippen LogP contribution in [0.25, 0.3) is 0 Å². The van der Waals surface area contributed by atoms with Crippen LogP contribution in [0, 0.1) is 5.92 Å². The second kappa shape index (κ2) is 19.1. The standard InChI is InChI=1S/C37H41Cl2N3O7S.H2O/c1-42-14-12-23(13-15-42)22-48-37(44)35(25-6-5-7-26(16-25)45-2)41-19-27-9-11-34(50-27)36(43)49-32(18-28-29(38)20-40-21-30(28)39)24-8-10-31(46-3)33(17-24)47-4;/h5-11,16-17,20-21,23,32,35,41H,12-15,18-19,22H2,1-4H3;1H2/t32-,35?;/m0./s1. The third-order valence-electron chi connectivity index (χ3n) is 8.72. The van der Waals surface area contributed by atoms with Gasteiger partial charge in [-0.05, 0) is 86.4 Å². The van der Waals surface area contributed by atoms with Gasteiger partial charge in [0.25, 0.3) is 0 Å². The topological polar surface area (TPSA) is 140 Å². The molecular formula is C37H43Cl2N3O8S. The molecular weight excluding hydrogens is 717 g/mol. The highest BCUT2D eigenvalue weighted by Crippen LogP contribution is 2.36. The number of likely N-dealkylation sites (tertiary alicyclic amines) is 1.